The molecular weight excluding hydrogens is 291 g/mol. The number of benzene rings is 1. The minimum absolute atomic E-state index is 0.0804. The molecule has 1 aromatic rings. The van der Waals surface area contributed by atoms with Gasteiger partial charge in [-0.3, -0.25) is 9.69 Å². The fourth-order valence-corrected chi connectivity index (χ4v) is 3.56. The van der Waals surface area contributed by atoms with Crippen molar-refractivity contribution in [2.45, 2.75) is 31.7 Å². The van der Waals surface area contributed by atoms with E-state index in [0.717, 1.165) is 13.1 Å². The second-order valence-electron chi connectivity index (χ2n) is 5.89. The first kappa shape index (κ1) is 14.8. The lowest BCUT2D eigenvalue weighted by molar-refractivity contribution is 0.0569. The van der Waals surface area contributed by atoms with Gasteiger partial charge >= 0.3 is 0 Å². The number of nitrogens with zero attached hydrogens (tertiary/aromatic N) is 2. The highest BCUT2D eigenvalue weighted by molar-refractivity contribution is 6.31. The third-order valence-electron chi connectivity index (χ3n) is 4.60. The van der Waals surface area contributed by atoms with Gasteiger partial charge in [-0.25, -0.2) is 4.39 Å². The molecular formula is C16H20ClFN2O. The third-order valence-corrected chi connectivity index (χ3v) is 4.84. The molecule has 1 amide bonds. The second-order valence-corrected chi connectivity index (χ2v) is 6.33. The van der Waals surface area contributed by atoms with Crippen molar-refractivity contribution in [2.24, 2.45) is 0 Å². The number of carbonyl (C=O) groups is 1. The van der Waals surface area contributed by atoms with Crippen molar-refractivity contribution in [3.8, 4) is 0 Å². The fourth-order valence-electron chi connectivity index (χ4n) is 3.39. The maximum atomic E-state index is 13.8. The molecule has 1 aliphatic carbocycles. The standard InChI is InChI=1S/C16H20ClFN2O/c17-12-5-6-15(18)14(11-12)16(21)20-9-7-19(8-10-20)13-3-1-2-4-13/h5-6,11,13H,1-4,7-10H2. The van der Waals surface area contributed by atoms with E-state index in [9.17, 15) is 9.18 Å². The van der Waals surface area contributed by atoms with E-state index < -0.39 is 5.82 Å². The van der Waals surface area contributed by atoms with Gasteiger partial charge in [0.15, 0.2) is 0 Å². The normalized spacial score (nSPS) is 21.0. The van der Waals surface area contributed by atoms with Gasteiger partial charge in [0.05, 0.1) is 5.56 Å². The fraction of sp³-hybridized carbons (Fsp3) is 0.562. The van der Waals surface area contributed by atoms with E-state index in [1.54, 1.807) is 4.90 Å². The first-order valence-corrected chi connectivity index (χ1v) is 8.01. The van der Waals surface area contributed by atoms with E-state index in [4.69, 9.17) is 11.6 Å². The maximum absolute atomic E-state index is 13.8. The van der Waals surface area contributed by atoms with Crippen LogP contribution in [0.3, 0.4) is 0 Å². The largest absolute Gasteiger partial charge is 0.336 e. The Labute approximate surface area is 129 Å². The van der Waals surface area contributed by atoms with Gasteiger partial charge in [-0.15, -0.1) is 0 Å². The molecule has 1 saturated carbocycles. The zero-order chi connectivity index (χ0) is 14.8. The van der Waals surface area contributed by atoms with Crippen LogP contribution in [0.2, 0.25) is 5.02 Å². The molecule has 0 aromatic heterocycles. The molecule has 1 aromatic carbocycles. The average Bonchev–Trinajstić information content (AvgIpc) is 3.03. The van der Waals surface area contributed by atoms with Gasteiger partial charge in [0.1, 0.15) is 5.82 Å². The molecule has 0 unspecified atom stereocenters. The van der Waals surface area contributed by atoms with Crippen LogP contribution >= 0.6 is 11.6 Å². The molecule has 114 valence electrons. The summed E-state index contributed by atoms with van der Waals surface area (Å²) < 4.78 is 13.8. The van der Waals surface area contributed by atoms with Gasteiger partial charge in [-0.05, 0) is 31.0 Å². The highest BCUT2D eigenvalue weighted by Gasteiger charge is 2.29. The van der Waals surface area contributed by atoms with Crippen molar-refractivity contribution in [3.05, 3.63) is 34.6 Å². The van der Waals surface area contributed by atoms with Gasteiger partial charge in [0.25, 0.3) is 5.91 Å². The summed E-state index contributed by atoms with van der Waals surface area (Å²) in [7, 11) is 0. The lowest BCUT2D eigenvalue weighted by Gasteiger charge is -2.38. The molecule has 1 saturated heterocycles. The minimum atomic E-state index is -0.498. The van der Waals surface area contributed by atoms with Crippen LogP contribution in [0.4, 0.5) is 4.39 Å². The smallest absolute Gasteiger partial charge is 0.256 e. The van der Waals surface area contributed by atoms with Crippen LogP contribution in [-0.4, -0.2) is 47.9 Å². The van der Waals surface area contributed by atoms with E-state index >= 15 is 0 Å². The monoisotopic (exact) mass is 310 g/mol. The first-order chi connectivity index (χ1) is 10.1. The summed E-state index contributed by atoms with van der Waals surface area (Å²) >= 11 is 5.86. The summed E-state index contributed by atoms with van der Waals surface area (Å²) in [5, 5.41) is 0.393. The zero-order valence-corrected chi connectivity index (χ0v) is 12.8. The predicted octanol–water partition coefficient (Wildman–Crippen LogP) is 3.18. The van der Waals surface area contributed by atoms with Crippen LogP contribution in [0.1, 0.15) is 36.0 Å². The van der Waals surface area contributed by atoms with Gasteiger partial charge < -0.3 is 4.90 Å². The number of rotatable bonds is 2. The number of hydrogen-bond donors (Lipinski definition) is 0. The van der Waals surface area contributed by atoms with E-state index in [2.05, 4.69) is 4.90 Å². The van der Waals surface area contributed by atoms with Crippen molar-refractivity contribution in [1.82, 2.24) is 9.80 Å². The molecule has 1 heterocycles. The summed E-state index contributed by atoms with van der Waals surface area (Å²) in [6.07, 6.45) is 5.18. The molecule has 0 N–H and O–H groups in total. The third kappa shape index (κ3) is 3.22. The molecule has 1 aliphatic heterocycles. The van der Waals surface area contributed by atoms with Crippen molar-refractivity contribution in [3.63, 3.8) is 0 Å². The Hall–Kier alpha value is -1.13. The molecule has 2 fully saturated rings. The van der Waals surface area contributed by atoms with Crippen molar-refractivity contribution < 1.29 is 9.18 Å². The summed E-state index contributed by atoms with van der Waals surface area (Å²) in [6.45, 7) is 3.11. The molecule has 0 spiro atoms. The van der Waals surface area contributed by atoms with Crippen molar-refractivity contribution in [2.75, 3.05) is 26.2 Å². The Kier molecular flexibility index (Phi) is 4.45. The number of piperazine rings is 1. The molecule has 5 heteroatoms. The van der Waals surface area contributed by atoms with Gasteiger partial charge in [0, 0.05) is 37.2 Å². The van der Waals surface area contributed by atoms with E-state index in [-0.39, 0.29) is 11.5 Å². The van der Waals surface area contributed by atoms with Crippen LogP contribution in [0.5, 0.6) is 0 Å². The second kappa shape index (κ2) is 6.32. The topological polar surface area (TPSA) is 23.6 Å². The number of amides is 1. The lowest BCUT2D eigenvalue weighted by atomic mass is 10.1. The van der Waals surface area contributed by atoms with E-state index in [1.165, 1.54) is 43.9 Å². The van der Waals surface area contributed by atoms with Crippen LogP contribution in [-0.2, 0) is 0 Å². The Morgan fingerprint density at radius 2 is 1.81 bits per heavy atom. The van der Waals surface area contributed by atoms with E-state index in [1.807, 2.05) is 0 Å². The summed E-state index contributed by atoms with van der Waals surface area (Å²) in [5.74, 6) is -0.747. The summed E-state index contributed by atoms with van der Waals surface area (Å²) in [6, 6.07) is 4.82. The van der Waals surface area contributed by atoms with Gasteiger partial charge in [0.2, 0.25) is 0 Å². The molecule has 3 nitrogen and oxygen atoms in total. The Balaban J connectivity index is 1.63. The van der Waals surface area contributed by atoms with E-state index in [0.29, 0.717) is 24.2 Å². The highest BCUT2D eigenvalue weighted by Crippen LogP contribution is 2.25. The molecule has 0 bridgehead atoms. The molecule has 0 radical (unpaired) electrons. The molecule has 0 atom stereocenters. The lowest BCUT2D eigenvalue weighted by Crippen LogP contribution is -2.51. The molecule has 3 rings (SSSR count). The van der Waals surface area contributed by atoms with Crippen molar-refractivity contribution >= 4 is 17.5 Å². The van der Waals surface area contributed by atoms with Crippen molar-refractivity contribution in [1.29, 1.82) is 0 Å². The molecule has 2 aliphatic rings. The summed E-state index contributed by atoms with van der Waals surface area (Å²) in [5.41, 5.74) is 0.0804. The molecule has 21 heavy (non-hydrogen) atoms. The Morgan fingerprint density at radius 3 is 2.48 bits per heavy atom. The highest BCUT2D eigenvalue weighted by atomic mass is 35.5. The Morgan fingerprint density at radius 1 is 1.14 bits per heavy atom. The van der Waals surface area contributed by atoms with Crippen LogP contribution in [0, 0.1) is 5.82 Å². The first-order valence-electron chi connectivity index (χ1n) is 7.63. The predicted molar refractivity (Wildman–Crippen MR) is 81.1 cm³/mol. The number of carbonyl (C=O) groups excluding carboxylic acids is 1. The SMILES string of the molecule is O=C(c1cc(Cl)ccc1F)N1CCN(C2CCCC2)CC1. The Bertz CT molecular complexity index is 523. The number of hydrogen-bond acceptors (Lipinski definition) is 2. The number of halogens is 2. The summed E-state index contributed by atoms with van der Waals surface area (Å²) in [4.78, 5) is 16.6. The quantitative estimate of drug-likeness (QED) is 0.837. The zero-order valence-electron chi connectivity index (χ0n) is 12.0. The van der Waals surface area contributed by atoms with Crippen LogP contribution < -0.4 is 0 Å². The van der Waals surface area contributed by atoms with Gasteiger partial charge in [-0.1, -0.05) is 24.4 Å². The maximum Gasteiger partial charge on any atom is 0.256 e. The average molecular weight is 311 g/mol. The van der Waals surface area contributed by atoms with Crippen LogP contribution in [0.25, 0.3) is 0 Å². The van der Waals surface area contributed by atoms with Gasteiger partial charge in [-0.2, -0.15) is 0 Å². The van der Waals surface area contributed by atoms with Crippen LogP contribution in [0.15, 0.2) is 18.2 Å². The minimum Gasteiger partial charge on any atom is -0.336 e.